The van der Waals surface area contributed by atoms with Crippen LogP contribution in [0.2, 0.25) is 0 Å². The first kappa shape index (κ1) is 33.9. The van der Waals surface area contributed by atoms with Crippen LogP contribution in [0, 0.1) is 0 Å². The molecule has 0 aromatic heterocycles. The molecule has 0 spiro atoms. The van der Waals surface area contributed by atoms with Crippen molar-refractivity contribution in [2.24, 2.45) is 0 Å². The average molecular weight is 390 g/mol. The van der Waals surface area contributed by atoms with Gasteiger partial charge in [-0.15, -0.1) is 0 Å². The molecular formula is C27H51N. The van der Waals surface area contributed by atoms with E-state index in [9.17, 15) is 0 Å². The summed E-state index contributed by atoms with van der Waals surface area (Å²) in [4.78, 5) is 2.00. The van der Waals surface area contributed by atoms with Crippen LogP contribution in [0.25, 0.3) is 11.1 Å². The maximum atomic E-state index is 2.22. The Labute approximate surface area is 179 Å². The summed E-state index contributed by atoms with van der Waals surface area (Å²) in [7, 11) is 6.00. The molecule has 1 nitrogen and oxygen atoms in total. The van der Waals surface area contributed by atoms with Gasteiger partial charge in [0.1, 0.15) is 0 Å². The number of fused-ring (bicyclic) bond motifs is 3. The highest BCUT2D eigenvalue weighted by Crippen LogP contribution is 2.35. The Bertz CT molecular complexity index is 469. The van der Waals surface area contributed by atoms with Crippen LogP contribution >= 0.6 is 0 Å². The number of hydrogen-bond donors (Lipinski definition) is 0. The first-order valence-electron chi connectivity index (χ1n) is 11.4. The van der Waals surface area contributed by atoms with Crippen LogP contribution < -0.4 is 0 Å². The van der Waals surface area contributed by atoms with Crippen molar-refractivity contribution in [3.8, 4) is 11.1 Å². The van der Waals surface area contributed by atoms with Crippen molar-refractivity contribution in [2.75, 3.05) is 21.1 Å². The SMILES string of the molecule is CC.CC.CC.CC.CCC.CN(C)C.c1ccc2c(c1)Cc1ccccc1-2. The molecule has 28 heavy (non-hydrogen) atoms. The zero-order valence-electron chi connectivity index (χ0n) is 21.5. The van der Waals surface area contributed by atoms with Gasteiger partial charge in [0.2, 0.25) is 0 Å². The molecule has 0 atom stereocenters. The van der Waals surface area contributed by atoms with E-state index in [0.29, 0.717) is 0 Å². The van der Waals surface area contributed by atoms with Crippen LogP contribution in [-0.4, -0.2) is 26.0 Å². The summed E-state index contributed by atoms with van der Waals surface area (Å²) >= 11 is 0. The van der Waals surface area contributed by atoms with E-state index < -0.39 is 0 Å². The van der Waals surface area contributed by atoms with Gasteiger partial charge in [-0.1, -0.05) is 124 Å². The van der Waals surface area contributed by atoms with E-state index in [1.165, 1.54) is 28.7 Å². The second kappa shape index (κ2) is 27.6. The van der Waals surface area contributed by atoms with Gasteiger partial charge < -0.3 is 4.90 Å². The van der Waals surface area contributed by atoms with Crippen LogP contribution in [0.4, 0.5) is 0 Å². The highest BCUT2D eigenvalue weighted by atomic mass is 15.0. The maximum absolute atomic E-state index is 2.22. The molecule has 0 aliphatic heterocycles. The van der Waals surface area contributed by atoms with E-state index in [1.54, 1.807) is 0 Å². The van der Waals surface area contributed by atoms with Gasteiger partial charge in [0.15, 0.2) is 0 Å². The Morgan fingerprint density at radius 1 is 0.571 bits per heavy atom. The van der Waals surface area contributed by atoms with E-state index in [0.717, 1.165) is 6.42 Å². The molecule has 0 fully saturated rings. The van der Waals surface area contributed by atoms with Crippen molar-refractivity contribution in [1.29, 1.82) is 0 Å². The lowest BCUT2D eigenvalue weighted by Crippen LogP contribution is -1.99. The minimum Gasteiger partial charge on any atom is -0.312 e. The van der Waals surface area contributed by atoms with Gasteiger partial charge in [0.05, 0.1) is 0 Å². The van der Waals surface area contributed by atoms with Crippen molar-refractivity contribution >= 4 is 0 Å². The molecule has 3 rings (SSSR count). The fourth-order valence-corrected chi connectivity index (χ4v) is 2.08. The van der Waals surface area contributed by atoms with E-state index in [4.69, 9.17) is 0 Å². The smallest absolute Gasteiger partial charge is 0.00135 e. The number of benzene rings is 2. The summed E-state index contributed by atoms with van der Waals surface area (Å²) in [6, 6.07) is 17.3. The normalized spacial score (nSPS) is 8.50. The van der Waals surface area contributed by atoms with Crippen LogP contribution in [0.1, 0.15) is 86.8 Å². The molecule has 0 unspecified atom stereocenters. The fraction of sp³-hybridized carbons (Fsp3) is 0.556. The number of nitrogens with zero attached hydrogens (tertiary/aromatic N) is 1. The second-order valence-electron chi connectivity index (χ2n) is 5.54. The van der Waals surface area contributed by atoms with E-state index in [1.807, 2.05) is 81.4 Å². The van der Waals surface area contributed by atoms with Gasteiger partial charge in [0.25, 0.3) is 0 Å². The summed E-state index contributed by atoms with van der Waals surface area (Å²) in [5.74, 6) is 0. The minimum atomic E-state index is 1.10. The Hall–Kier alpha value is -1.60. The Morgan fingerprint density at radius 2 is 0.786 bits per heavy atom. The zero-order chi connectivity index (χ0) is 23.0. The molecule has 2 aromatic rings. The maximum Gasteiger partial charge on any atom is -0.00135 e. The monoisotopic (exact) mass is 389 g/mol. The zero-order valence-corrected chi connectivity index (χ0v) is 21.5. The van der Waals surface area contributed by atoms with Crippen molar-refractivity contribution in [3.05, 3.63) is 59.7 Å². The molecule has 0 heterocycles. The fourth-order valence-electron chi connectivity index (χ4n) is 2.08. The molecule has 1 aliphatic rings. The summed E-state index contributed by atoms with van der Waals surface area (Å²) in [6.45, 7) is 20.2. The van der Waals surface area contributed by atoms with Crippen molar-refractivity contribution in [2.45, 2.75) is 82.1 Å². The Balaban J connectivity index is -0.000000163. The lowest BCUT2D eigenvalue weighted by atomic mass is 10.1. The third kappa shape index (κ3) is 16.6. The molecule has 2 aromatic carbocycles. The highest BCUT2D eigenvalue weighted by molar-refractivity contribution is 5.76. The molecule has 164 valence electrons. The van der Waals surface area contributed by atoms with Crippen molar-refractivity contribution < 1.29 is 0 Å². The third-order valence-electron chi connectivity index (χ3n) is 2.71. The van der Waals surface area contributed by atoms with Crippen LogP contribution in [0.15, 0.2) is 48.5 Å². The Morgan fingerprint density at radius 3 is 1.04 bits per heavy atom. The molecule has 1 heteroatoms. The standard InChI is InChI=1S/C13H10.C3H9N.C3H8.4C2H6/c1-3-7-12-10(5-1)9-11-6-2-4-8-13(11)12;1-4(2)3;1-3-2;4*1-2/h1-8H,9H2;1-3H3;3H2,1-2H3;4*1-2H3. The predicted octanol–water partition coefficient (Wildman–Crippen LogP) is 8.96. The molecule has 0 saturated heterocycles. The molecule has 0 N–H and O–H groups in total. The van der Waals surface area contributed by atoms with Crippen molar-refractivity contribution in [3.63, 3.8) is 0 Å². The molecule has 0 bridgehead atoms. The number of hydrogen-bond acceptors (Lipinski definition) is 1. The van der Waals surface area contributed by atoms with Gasteiger partial charge in [-0.3, -0.25) is 0 Å². The van der Waals surface area contributed by atoms with Gasteiger partial charge >= 0.3 is 0 Å². The second-order valence-corrected chi connectivity index (χ2v) is 5.54. The van der Waals surface area contributed by atoms with Crippen LogP contribution in [0.3, 0.4) is 0 Å². The van der Waals surface area contributed by atoms with Gasteiger partial charge in [0, 0.05) is 0 Å². The summed E-state index contributed by atoms with van der Waals surface area (Å²) in [5, 5.41) is 0. The molecular weight excluding hydrogens is 338 g/mol. The summed E-state index contributed by atoms with van der Waals surface area (Å²) in [5.41, 5.74) is 5.75. The first-order valence-corrected chi connectivity index (χ1v) is 11.4. The molecule has 0 amide bonds. The van der Waals surface area contributed by atoms with Crippen LogP contribution in [0.5, 0.6) is 0 Å². The van der Waals surface area contributed by atoms with Gasteiger partial charge in [-0.25, -0.2) is 0 Å². The van der Waals surface area contributed by atoms with Gasteiger partial charge in [-0.05, 0) is 49.8 Å². The van der Waals surface area contributed by atoms with Gasteiger partial charge in [-0.2, -0.15) is 0 Å². The predicted molar refractivity (Wildman–Crippen MR) is 136 cm³/mol. The highest BCUT2D eigenvalue weighted by Gasteiger charge is 2.15. The molecule has 0 saturated carbocycles. The first-order chi connectivity index (χ1) is 13.6. The average Bonchev–Trinajstić information content (AvgIpc) is 3.13. The lowest BCUT2D eigenvalue weighted by molar-refractivity contribution is 0.505. The quantitative estimate of drug-likeness (QED) is 0.371. The van der Waals surface area contributed by atoms with Crippen molar-refractivity contribution in [1.82, 2.24) is 4.90 Å². The molecule has 0 radical (unpaired) electrons. The largest absolute Gasteiger partial charge is 0.312 e. The minimum absolute atomic E-state index is 1.10. The van der Waals surface area contributed by atoms with E-state index >= 15 is 0 Å². The Kier molecular flexibility index (Phi) is 33.5. The van der Waals surface area contributed by atoms with E-state index in [2.05, 4.69) is 62.4 Å². The van der Waals surface area contributed by atoms with Crippen LogP contribution in [-0.2, 0) is 6.42 Å². The number of rotatable bonds is 0. The summed E-state index contributed by atoms with van der Waals surface area (Å²) < 4.78 is 0. The molecule has 1 aliphatic carbocycles. The topological polar surface area (TPSA) is 3.24 Å². The lowest BCUT2D eigenvalue weighted by Gasteiger charge is -1.98. The van der Waals surface area contributed by atoms with E-state index in [-0.39, 0.29) is 0 Å². The third-order valence-corrected chi connectivity index (χ3v) is 2.71. The summed E-state index contributed by atoms with van der Waals surface area (Å²) in [6.07, 6.45) is 2.35.